The van der Waals surface area contributed by atoms with Crippen LogP contribution in [0.2, 0.25) is 0 Å². The Labute approximate surface area is 145 Å². The minimum absolute atomic E-state index is 0.416. The fourth-order valence-electron chi connectivity index (χ4n) is 2.44. The number of nitrogens with one attached hydrogen (secondary N) is 1. The fraction of sp³-hybridized carbons (Fsp3) is 0.235. The highest BCUT2D eigenvalue weighted by Crippen LogP contribution is 2.37. The number of benzene rings is 1. The smallest absolute Gasteiger partial charge is 0.351 e. The zero-order valence-corrected chi connectivity index (χ0v) is 13.7. The largest absolute Gasteiger partial charge is 0.416 e. The van der Waals surface area contributed by atoms with Gasteiger partial charge in [-0.25, -0.2) is 15.0 Å². The van der Waals surface area contributed by atoms with Crippen molar-refractivity contribution in [2.24, 2.45) is 0 Å². The maximum atomic E-state index is 13.0. The molecular weight excluding hydrogens is 349 g/mol. The molecule has 1 aliphatic rings. The van der Waals surface area contributed by atoms with Crippen molar-refractivity contribution in [1.29, 1.82) is 0 Å². The van der Waals surface area contributed by atoms with Gasteiger partial charge in [0.2, 0.25) is 5.95 Å². The molecule has 0 bridgehead atoms. The summed E-state index contributed by atoms with van der Waals surface area (Å²) in [5.74, 6) is 0.531. The Bertz CT molecular complexity index is 903. The van der Waals surface area contributed by atoms with Crippen molar-refractivity contribution in [1.82, 2.24) is 15.0 Å². The quantitative estimate of drug-likeness (QED) is 0.720. The predicted molar refractivity (Wildman–Crippen MR) is 90.2 cm³/mol. The second-order valence-electron chi connectivity index (χ2n) is 5.79. The topological polar surface area (TPSA) is 50.7 Å². The number of thiazole rings is 1. The third-order valence-electron chi connectivity index (χ3n) is 3.83. The second kappa shape index (κ2) is 6.11. The van der Waals surface area contributed by atoms with E-state index in [2.05, 4.69) is 20.3 Å². The summed E-state index contributed by atoms with van der Waals surface area (Å²) in [6.45, 7) is 0. The van der Waals surface area contributed by atoms with Gasteiger partial charge in [-0.05, 0) is 31.0 Å². The lowest BCUT2D eigenvalue weighted by molar-refractivity contribution is -0.137. The molecule has 4 rings (SSSR count). The van der Waals surface area contributed by atoms with Gasteiger partial charge in [0.05, 0.1) is 27.3 Å². The van der Waals surface area contributed by atoms with E-state index in [9.17, 15) is 13.2 Å². The summed E-state index contributed by atoms with van der Waals surface area (Å²) < 4.78 is 38.9. The van der Waals surface area contributed by atoms with Gasteiger partial charge in [-0.2, -0.15) is 13.2 Å². The summed E-state index contributed by atoms with van der Waals surface area (Å²) in [6.07, 6.45) is -0.543. The number of hydrogen-bond acceptors (Lipinski definition) is 5. The molecule has 0 amide bonds. The number of aromatic nitrogens is 3. The predicted octanol–water partition coefficient (Wildman–Crippen LogP) is 4.86. The van der Waals surface area contributed by atoms with E-state index in [1.54, 1.807) is 23.8 Å². The Kier molecular flexibility index (Phi) is 3.91. The third kappa shape index (κ3) is 3.48. The third-order valence-corrected chi connectivity index (χ3v) is 4.68. The SMILES string of the molecule is FC(F)(F)c1cccc(-c2ncsc2-c2ccnc(NC3CC3)n2)c1. The van der Waals surface area contributed by atoms with Gasteiger partial charge in [0.15, 0.2) is 0 Å². The summed E-state index contributed by atoms with van der Waals surface area (Å²) in [4.78, 5) is 13.7. The van der Waals surface area contributed by atoms with Crippen molar-refractivity contribution in [3.63, 3.8) is 0 Å². The molecule has 3 aromatic rings. The molecule has 128 valence electrons. The molecule has 1 saturated carbocycles. The van der Waals surface area contributed by atoms with E-state index in [1.807, 2.05) is 0 Å². The number of halogens is 3. The van der Waals surface area contributed by atoms with Crippen LogP contribution < -0.4 is 5.32 Å². The molecule has 0 unspecified atom stereocenters. The van der Waals surface area contributed by atoms with Crippen molar-refractivity contribution in [3.05, 3.63) is 47.6 Å². The van der Waals surface area contributed by atoms with E-state index in [0.29, 0.717) is 28.9 Å². The first-order valence-corrected chi connectivity index (χ1v) is 8.60. The van der Waals surface area contributed by atoms with Gasteiger partial charge >= 0.3 is 6.18 Å². The number of anilines is 1. The highest BCUT2D eigenvalue weighted by atomic mass is 32.1. The monoisotopic (exact) mass is 362 g/mol. The zero-order valence-electron chi connectivity index (χ0n) is 12.9. The second-order valence-corrected chi connectivity index (χ2v) is 6.65. The lowest BCUT2D eigenvalue weighted by atomic mass is 10.1. The first kappa shape index (κ1) is 16.0. The molecule has 2 heterocycles. The molecule has 1 aliphatic carbocycles. The Hall–Kier alpha value is -2.48. The molecule has 1 fully saturated rings. The molecule has 0 spiro atoms. The van der Waals surface area contributed by atoms with Crippen LogP contribution in [-0.4, -0.2) is 21.0 Å². The van der Waals surface area contributed by atoms with Crippen LogP contribution in [0.4, 0.5) is 19.1 Å². The number of hydrogen-bond donors (Lipinski definition) is 1. The van der Waals surface area contributed by atoms with Crippen LogP contribution in [0.5, 0.6) is 0 Å². The minimum atomic E-state index is -4.39. The van der Waals surface area contributed by atoms with Gasteiger partial charge in [-0.3, -0.25) is 0 Å². The summed E-state index contributed by atoms with van der Waals surface area (Å²) in [6, 6.07) is 7.34. The van der Waals surface area contributed by atoms with Gasteiger partial charge in [0.25, 0.3) is 0 Å². The van der Waals surface area contributed by atoms with Crippen LogP contribution in [0.3, 0.4) is 0 Å². The van der Waals surface area contributed by atoms with Gasteiger partial charge in [0, 0.05) is 17.8 Å². The molecule has 25 heavy (non-hydrogen) atoms. The van der Waals surface area contributed by atoms with Gasteiger partial charge in [0.1, 0.15) is 0 Å². The van der Waals surface area contributed by atoms with E-state index in [4.69, 9.17) is 0 Å². The first-order chi connectivity index (χ1) is 12.0. The van der Waals surface area contributed by atoms with E-state index in [0.717, 1.165) is 29.9 Å². The van der Waals surface area contributed by atoms with Crippen molar-refractivity contribution in [3.8, 4) is 21.8 Å². The molecule has 0 radical (unpaired) electrons. The average molecular weight is 362 g/mol. The maximum absolute atomic E-state index is 13.0. The summed E-state index contributed by atoms with van der Waals surface area (Å²) in [7, 11) is 0. The Morgan fingerprint density at radius 1 is 1.12 bits per heavy atom. The van der Waals surface area contributed by atoms with Gasteiger partial charge < -0.3 is 5.32 Å². The molecular formula is C17H13F3N4S. The van der Waals surface area contributed by atoms with Crippen LogP contribution in [0.25, 0.3) is 21.8 Å². The Morgan fingerprint density at radius 2 is 1.96 bits per heavy atom. The van der Waals surface area contributed by atoms with E-state index < -0.39 is 11.7 Å². The molecule has 0 saturated heterocycles. The number of alkyl halides is 3. The highest BCUT2D eigenvalue weighted by molar-refractivity contribution is 7.13. The van der Waals surface area contributed by atoms with Crippen molar-refractivity contribution in [2.45, 2.75) is 25.1 Å². The standard InChI is InChI=1S/C17H13F3N4S/c18-17(19,20)11-3-1-2-10(8-11)14-15(25-9-22-14)13-6-7-21-16(24-13)23-12-4-5-12/h1-3,6-9,12H,4-5H2,(H,21,23,24). The molecule has 1 N–H and O–H groups in total. The summed E-state index contributed by atoms with van der Waals surface area (Å²) in [5.41, 5.74) is 2.48. The molecule has 2 aromatic heterocycles. The van der Waals surface area contributed by atoms with E-state index >= 15 is 0 Å². The lowest BCUT2D eigenvalue weighted by Crippen LogP contribution is -2.05. The number of rotatable bonds is 4. The van der Waals surface area contributed by atoms with Gasteiger partial charge in [-0.15, -0.1) is 11.3 Å². The van der Waals surface area contributed by atoms with E-state index in [-0.39, 0.29) is 0 Å². The molecule has 0 atom stereocenters. The van der Waals surface area contributed by atoms with E-state index in [1.165, 1.54) is 17.4 Å². The summed E-state index contributed by atoms with van der Waals surface area (Å²) in [5, 5.41) is 3.22. The van der Waals surface area contributed by atoms with Crippen molar-refractivity contribution >= 4 is 17.3 Å². The molecule has 4 nitrogen and oxygen atoms in total. The zero-order chi connectivity index (χ0) is 17.4. The van der Waals surface area contributed by atoms with Crippen LogP contribution in [0, 0.1) is 0 Å². The van der Waals surface area contributed by atoms with Gasteiger partial charge in [-0.1, -0.05) is 12.1 Å². The van der Waals surface area contributed by atoms with Crippen molar-refractivity contribution in [2.75, 3.05) is 5.32 Å². The van der Waals surface area contributed by atoms with Crippen molar-refractivity contribution < 1.29 is 13.2 Å². The average Bonchev–Trinajstić information content (AvgIpc) is 3.26. The highest BCUT2D eigenvalue weighted by Gasteiger charge is 2.31. The normalized spacial score (nSPS) is 14.5. The van der Waals surface area contributed by atoms with Crippen LogP contribution >= 0.6 is 11.3 Å². The molecule has 0 aliphatic heterocycles. The Balaban J connectivity index is 1.71. The first-order valence-electron chi connectivity index (χ1n) is 7.72. The lowest BCUT2D eigenvalue weighted by Gasteiger charge is -2.09. The Morgan fingerprint density at radius 3 is 2.72 bits per heavy atom. The molecule has 1 aromatic carbocycles. The summed E-state index contributed by atoms with van der Waals surface area (Å²) >= 11 is 1.34. The molecule has 8 heteroatoms. The van der Waals surface area contributed by atoms with Crippen LogP contribution in [0.1, 0.15) is 18.4 Å². The fourth-order valence-corrected chi connectivity index (χ4v) is 3.22. The number of nitrogens with zero attached hydrogens (tertiary/aromatic N) is 3. The maximum Gasteiger partial charge on any atom is 0.416 e. The van der Waals surface area contributed by atoms with Crippen LogP contribution in [-0.2, 0) is 6.18 Å². The van der Waals surface area contributed by atoms with Crippen LogP contribution in [0.15, 0.2) is 42.0 Å². The minimum Gasteiger partial charge on any atom is -0.351 e.